The third-order valence-electron chi connectivity index (χ3n) is 4.77. The maximum atomic E-state index is 12.6. The fraction of sp³-hybridized carbons (Fsp3) is 0.429. The molecule has 0 radical (unpaired) electrons. The Kier molecular flexibility index (Phi) is 6.57. The smallest absolute Gasteiger partial charge is 0.227 e. The molecule has 2 aromatic rings. The lowest BCUT2D eigenvalue weighted by Crippen LogP contribution is -2.38. The first kappa shape index (κ1) is 19.8. The van der Waals surface area contributed by atoms with Gasteiger partial charge in [-0.15, -0.1) is 0 Å². The number of nitrogens with one attached hydrogen (secondary N) is 2. The molecule has 28 heavy (non-hydrogen) atoms. The van der Waals surface area contributed by atoms with Gasteiger partial charge < -0.3 is 15.5 Å². The molecule has 2 heterocycles. The molecule has 7 heteroatoms. The minimum absolute atomic E-state index is 0.00153. The number of carbonyl (C=O) groups excluding carboxylic acids is 2. The molecular weight excluding hydrogens is 354 g/mol. The number of hydrogen-bond acceptors (Lipinski definition) is 5. The quantitative estimate of drug-likeness (QED) is 0.801. The second kappa shape index (κ2) is 9.30. The van der Waals surface area contributed by atoms with Crippen LogP contribution in [-0.2, 0) is 9.59 Å². The number of nitrogens with zero attached hydrogens (tertiary/aromatic N) is 3. The number of hydrogen-bond donors (Lipinski definition) is 2. The van der Waals surface area contributed by atoms with E-state index in [0.717, 1.165) is 43.1 Å². The molecule has 0 aliphatic carbocycles. The van der Waals surface area contributed by atoms with Crippen LogP contribution in [-0.4, -0.2) is 34.9 Å². The number of benzene rings is 1. The zero-order chi connectivity index (χ0) is 19.9. The van der Waals surface area contributed by atoms with Crippen molar-refractivity contribution in [3.8, 4) is 0 Å². The SMILES string of the molecule is CC(C)CC(=O)Nc1ccc(NC(=O)C2CCN(c3cnccn3)CC2)cc1. The van der Waals surface area contributed by atoms with Gasteiger partial charge in [-0.05, 0) is 43.0 Å². The van der Waals surface area contributed by atoms with Crippen LogP contribution < -0.4 is 15.5 Å². The predicted molar refractivity (Wildman–Crippen MR) is 110 cm³/mol. The van der Waals surface area contributed by atoms with Crippen molar-refractivity contribution in [2.24, 2.45) is 11.8 Å². The Morgan fingerprint density at radius 3 is 2.29 bits per heavy atom. The molecule has 2 amide bonds. The van der Waals surface area contributed by atoms with Gasteiger partial charge in [-0.25, -0.2) is 4.98 Å². The Bertz CT molecular complexity index is 784. The van der Waals surface area contributed by atoms with E-state index >= 15 is 0 Å². The number of carbonyl (C=O) groups is 2. The number of rotatable bonds is 6. The zero-order valence-corrected chi connectivity index (χ0v) is 16.4. The van der Waals surface area contributed by atoms with Crippen LogP contribution in [0.5, 0.6) is 0 Å². The first-order valence-electron chi connectivity index (χ1n) is 9.73. The predicted octanol–water partition coefficient (Wildman–Crippen LogP) is 3.32. The van der Waals surface area contributed by atoms with Crippen LogP contribution in [0.2, 0.25) is 0 Å². The van der Waals surface area contributed by atoms with Crippen LogP contribution in [0.25, 0.3) is 0 Å². The third-order valence-corrected chi connectivity index (χ3v) is 4.77. The van der Waals surface area contributed by atoms with Crippen LogP contribution in [0.15, 0.2) is 42.9 Å². The number of anilines is 3. The van der Waals surface area contributed by atoms with Crippen LogP contribution in [0, 0.1) is 11.8 Å². The first-order chi connectivity index (χ1) is 13.5. The Morgan fingerprint density at radius 1 is 1.07 bits per heavy atom. The Hall–Kier alpha value is -2.96. The molecule has 1 aliphatic heterocycles. The van der Waals surface area contributed by atoms with E-state index < -0.39 is 0 Å². The molecule has 7 nitrogen and oxygen atoms in total. The van der Waals surface area contributed by atoms with E-state index in [1.165, 1.54) is 0 Å². The van der Waals surface area contributed by atoms with E-state index in [9.17, 15) is 9.59 Å². The molecule has 148 valence electrons. The van der Waals surface area contributed by atoms with E-state index in [4.69, 9.17) is 0 Å². The minimum atomic E-state index is -0.0154. The summed E-state index contributed by atoms with van der Waals surface area (Å²) in [5.74, 6) is 1.20. The highest BCUT2D eigenvalue weighted by Gasteiger charge is 2.25. The average molecular weight is 381 g/mol. The second-order valence-electron chi connectivity index (χ2n) is 7.54. The highest BCUT2D eigenvalue weighted by atomic mass is 16.2. The number of amides is 2. The second-order valence-corrected chi connectivity index (χ2v) is 7.54. The molecule has 0 atom stereocenters. The molecule has 1 aromatic carbocycles. The lowest BCUT2D eigenvalue weighted by atomic mass is 9.96. The average Bonchev–Trinajstić information content (AvgIpc) is 2.69. The van der Waals surface area contributed by atoms with Gasteiger partial charge in [0.05, 0.1) is 6.20 Å². The normalized spacial score (nSPS) is 14.8. The molecule has 1 saturated heterocycles. The molecule has 0 saturated carbocycles. The van der Waals surface area contributed by atoms with Gasteiger partial charge in [0.1, 0.15) is 5.82 Å². The lowest BCUT2D eigenvalue weighted by molar-refractivity contribution is -0.120. The van der Waals surface area contributed by atoms with Crippen molar-refractivity contribution in [2.75, 3.05) is 28.6 Å². The maximum Gasteiger partial charge on any atom is 0.227 e. The highest BCUT2D eigenvalue weighted by Crippen LogP contribution is 2.23. The summed E-state index contributed by atoms with van der Waals surface area (Å²) in [4.78, 5) is 35.0. The van der Waals surface area contributed by atoms with Gasteiger partial charge in [-0.3, -0.25) is 14.6 Å². The molecule has 0 bridgehead atoms. The first-order valence-corrected chi connectivity index (χ1v) is 9.73. The van der Waals surface area contributed by atoms with Crippen molar-refractivity contribution in [3.05, 3.63) is 42.9 Å². The van der Waals surface area contributed by atoms with Gasteiger partial charge in [0, 0.05) is 49.2 Å². The number of piperidine rings is 1. The summed E-state index contributed by atoms with van der Waals surface area (Å²) in [5.41, 5.74) is 1.48. The van der Waals surface area contributed by atoms with Gasteiger partial charge in [0.2, 0.25) is 11.8 Å². The van der Waals surface area contributed by atoms with E-state index in [0.29, 0.717) is 12.3 Å². The van der Waals surface area contributed by atoms with Crippen molar-refractivity contribution in [3.63, 3.8) is 0 Å². The highest BCUT2D eigenvalue weighted by molar-refractivity contribution is 5.94. The van der Waals surface area contributed by atoms with Crippen molar-refractivity contribution in [1.82, 2.24) is 9.97 Å². The fourth-order valence-electron chi connectivity index (χ4n) is 3.29. The van der Waals surface area contributed by atoms with Gasteiger partial charge in [0.15, 0.2) is 0 Å². The van der Waals surface area contributed by atoms with Crippen LogP contribution in [0.1, 0.15) is 33.1 Å². The van der Waals surface area contributed by atoms with Crippen molar-refractivity contribution < 1.29 is 9.59 Å². The van der Waals surface area contributed by atoms with Gasteiger partial charge in [-0.1, -0.05) is 13.8 Å². The van der Waals surface area contributed by atoms with Crippen molar-refractivity contribution in [2.45, 2.75) is 33.1 Å². The Morgan fingerprint density at radius 2 is 1.71 bits per heavy atom. The van der Waals surface area contributed by atoms with Crippen LogP contribution in [0.3, 0.4) is 0 Å². The molecule has 2 N–H and O–H groups in total. The summed E-state index contributed by atoms with van der Waals surface area (Å²) < 4.78 is 0. The van der Waals surface area contributed by atoms with E-state index in [2.05, 4.69) is 25.5 Å². The summed E-state index contributed by atoms with van der Waals surface area (Å²) in [6.45, 7) is 5.60. The molecule has 0 unspecified atom stereocenters. The van der Waals surface area contributed by atoms with E-state index in [1.54, 1.807) is 18.6 Å². The third kappa shape index (κ3) is 5.52. The molecule has 1 aliphatic rings. The lowest BCUT2D eigenvalue weighted by Gasteiger charge is -2.31. The minimum Gasteiger partial charge on any atom is -0.355 e. The summed E-state index contributed by atoms with van der Waals surface area (Å²) in [6.07, 6.45) is 7.15. The largest absolute Gasteiger partial charge is 0.355 e. The van der Waals surface area contributed by atoms with Gasteiger partial charge in [-0.2, -0.15) is 0 Å². The molecule has 1 fully saturated rings. The summed E-state index contributed by atoms with van der Waals surface area (Å²) in [5, 5.41) is 5.85. The Balaban J connectivity index is 1.48. The van der Waals surface area contributed by atoms with Crippen LogP contribution >= 0.6 is 0 Å². The summed E-state index contributed by atoms with van der Waals surface area (Å²) in [7, 11) is 0. The van der Waals surface area contributed by atoms with Crippen molar-refractivity contribution in [1.29, 1.82) is 0 Å². The van der Waals surface area contributed by atoms with Crippen LogP contribution in [0.4, 0.5) is 17.2 Å². The maximum absolute atomic E-state index is 12.6. The molecule has 1 aromatic heterocycles. The molecule has 0 spiro atoms. The molecule has 3 rings (SSSR count). The van der Waals surface area contributed by atoms with Crippen molar-refractivity contribution >= 4 is 29.0 Å². The zero-order valence-electron chi connectivity index (χ0n) is 16.4. The fourth-order valence-corrected chi connectivity index (χ4v) is 3.29. The monoisotopic (exact) mass is 381 g/mol. The topological polar surface area (TPSA) is 87.2 Å². The summed E-state index contributed by atoms with van der Waals surface area (Å²) in [6, 6.07) is 7.25. The van der Waals surface area contributed by atoms with Gasteiger partial charge in [0.25, 0.3) is 0 Å². The molecular formula is C21H27N5O2. The standard InChI is InChI=1S/C21H27N5O2/c1-15(2)13-20(27)24-17-3-5-18(6-4-17)25-21(28)16-7-11-26(12-8-16)19-14-22-9-10-23-19/h3-6,9-10,14-16H,7-8,11-13H2,1-2H3,(H,24,27)(H,25,28). The Labute approximate surface area is 165 Å². The van der Waals surface area contributed by atoms with E-state index in [1.807, 2.05) is 38.1 Å². The number of aromatic nitrogens is 2. The van der Waals surface area contributed by atoms with E-state index in [-0.39, 0.29) is 17.7 Å². The van der Waals surface area contributed by atoms with Gasteiger partial charge >= 0.3 is 0 Å². The summed E-state index contributed by atoms with van der Waals surface area (Å²) >= 11 is 0.